The van der Waals surface area contributed by atoms with Crippen LogP contribution in [0.4, 0.5) is 0 Å². The van der Waals surface area contributed by atoms with E-state index in [1.165, 1.54) is 12.8 Å². The highest BCUT2D eigenvalue weighted by atomic mass is 16.5. The van der Waals surface area contributed by atoms with E-state index in [9.17, 15) is 9.90 Å². The number of benzene rings is 1. The van der Waals surface area contributed by atoms with Crippen molar-refractivity contribution in [3.05, 3.63) is 29.8 Å². The van der Waals surface area contributed by atoms with Crippen LogP contribution in [0.25, 0.3) is 0 Å². The van der Waals surface area contributed by atoms with Gasteiger partial charge in [0, 0.05) is 12.6 Å². The average molecular weight is 320 g/mol. The van der Waals surface area contributed by atoms with Crippen LogP contribution in [0.5, 0.6) is 5.75 Å². The van der Waals surface area contributed by atoms with Gasteiger partial charge in [0.15, 0.2) is 6.10 Å². The fourth-order valence-electron chi connectivity index (χ4n) is 2.91. The third kappa shape index (κ3) is 4.94. The molecule has 23 heavy (non-hydrogen) atoms. The van der Waals surface area contributed by atoms with Crippen LogP contribution < -0.4 is 10.1 Å². The first-order chi connectivity index (χ1) is 11.0. The highest BCUT2D eigenvalue weighted by Crippen LogP contribution is 2.20. The van der Waals surface area contributed by atoms with E-state index in [1.807, 2.05) is 0 Å². The number of aliphatic hydroxyl groups excluding tert-OH is 1. The van der Waals surface area contributed by atoms with Crippen LogP contribution in [-0.2, 0) is 4.79 Å². The molecular weight excluding hydrogens is 292 g/mol. The van der Waals surface area contributed by atoms with Gasteiger partial charge in [-0.25, -0.2) is 0 Å². The van der Waals surface area contributed by atoms with E-state index in [4.69, 9.17) is 4.74 Å². The summed E-state index contributed by atoms with van der Waals surface area (Å²) in [4.78, 5) is 14.6. The highest BCUT2D eigenvalue weighted by molar-refractivity contribution is 5.82. The van der Waals surface area contributed by atoms with E-state index in [-0.39, 0.29) is 11.9 Å². The van der Waals surface area contributed by atoms with Crippen molar-refractivity contribution in [3.63, 3.8) is 0 Å². The Morgan fingerprint density at radius 1 is 1.43 bits per heavy atom. The molecular formula is C18H28N2O3. The van der Waals surface area contributed by atoms with Crippen LogP contribution >= 0.6 is 0 Å². The molecule has 1 aromatic rings. The number of piperidine rings is 1. The Balaban J connectivity index is 1.83. The van der Waals surface area contributed by atoms with Crippen molar-refractivity contribution in [1.82, 2.24) is 10.2 Å². The van der Waals surface area contributed by atoms with Crippen LogP contribution in [0.3, 0.4) is 0 Å². The van der Waals surface area contributed by atoms with Crippen LogP contribution in [0, 0.1) is 5.92 Å². The lowest BCUT2D eigenvalue weighted by molar-refractivity contribution is -0.129. The van der Waals surface area contributed by atoms with Gasteiger partial charge in [0.05, 0.1) is 7.11 Å². The number of rotatable bonds is 6. The molecule has 2 atom stereocenters. The molecule has 2 N–H and O–H groups in total. The van der Waals surface area contributed by atoms with E-state index in [2.05, 4.69) is 24.1 Å². The first-order valence-corrected chi connectivity index (χ1v) is 8.35. The third-order valence-electron chi connectivity index (χ3n) is 4.67. The number of hydrogen-bond donors (Lipinski definition) is 2. The number of likely N-dealkylation sites (tertiary alicyclic amines) is 1. The molecule has 128 valence electrons. The second-order valence-corrected chi connectivity index (χ2v) is 6.49. The van der Waals surface area contributed by atoms with Crippen molar-refractivity contribution in [1.29, 1.82) is 0 Å². The molecule has 5 nitrogen and oxygen atoms in total. The predicted octanol–water partition coefficient (Wildman–Crippen LogP) is 1.97. The Labute approximate surface area is 138 Å². The van der Waals surface area contributed by atoms with Gasteiger partial charge in [0.2, 0.25) is 0 Å². The topological polar surface area (TPSA) is 61.8 Å². The molecule has 0 bridgehead atoms. The van der Waals surface area contributed by atoms with Crippen molar-refractivity contribution in [2.24, 2.45) is 5.92 Å². The van der Waals surface area contributed by atoms with Gasteiger partial charge < -0.3 is 15.2 Å². The largest absolute Gasteiger partial charge is 0.497 e. The van der Waals surface area contributed by atoms with Crippen LogP contribution in [0.15, 0.2) is 24.3 Å². The summed E-state index contributed by atoms with van der Waals surface area (Å²) >= 11 is 0. The van der Waals surface area contributed by atoms with Crippen LogP contribution in [-0.4, -0.2) is 48.7 Å². The maximum atomic E-state index is 12.2. The van der Waals surface area contributed by atoms with Crippen LogP contribution in [0.1, 0.15) is 38.4 Å². The fourth-order valence-corrected chi connectivity index (χ4v) is 2.91. The molecule has 0 aliphatic carbocycles. The minimum Gasteiger partial charge on any atom is -0.497 e. The summed E-state index contributed by atoms with van der Waals surface area (Å²) in [6, 6.07) is 7.24. The second-order valence-electron chi connectivity index (χ2n) is 6.49. The maximum Gasteiger partial charge on any atom is 0.253 e. The zero-order chi connectivity index (χ0) is 16.8. The zero-order valence-electron chi connectivity index (χ0n) is 14.3. The number of carbonyl (C=O) groups excluding carboxylic acids is 1. The second kappa shape index (κ2) is 8.31. The lowest BCUT2D eigenvalue weighted by atomic mass is 9.98. The molecule has 1 aliphatic rings. The van der Waals surface area contributed by atoms with Gasteiger partial charge in [-0.3, -0.25) is 9.69 Å². The van der Waals surface area contributed by atoms with Crippen molar-refractivity contribution in [2.75, 3.05) is 26.7 Å². The lowest BCUT2D eigenvalue weighted by Gasteiger charge is -2.35. The third-order valence-corrected chi connectivity index (χ3v) is 4.67. The molecule has 0 radical (unpaired) electrons. The molecule has 1 amide bonds. The van der Waals surface area contributed by atoms with Gasteiger partial charge in [-0.2, -0.15) is 0 Å². The Morgan fingerprint density at radius 3 is 2.78 bits per heavy atom. The van der Waals surface area contributed by atoms with E-state index in [0.717, 1.165) is 19.0 Å². The molecule has 2 rings (SSSR count). The summed E-state index contributed by atoms with van der Waals surface area (Å²) in [5.41, 5.74) is 0.543. The van der Waals surface area contributed by atoms with Gasteiger partial charge in [0.25, 0.3) is 5.91 Å². The molecule has 2 unspecified atom stereocenters. The fraction of sp³-hybridized carbons (Fsp3) is 0.611. The first kappa shape index (κ1) is 17.8. The smallest absolute Gasteiger partial charge is 0.253 e. The van der Waals surface area contributed by atoms with Gasteiger partial charge in [-0.1, -0.05) is 19.1 Å². The normalized spacial score (nSPS) is 19.1. The van der Waals surface area contributed by atoms with Crippen molar-refractivity contribution < 1.29 is 14.6 Å². The quantitative estimate of drug-likeness (QED) is 0.841. The number of methoxy groups -OCH3 is 1. The Hall–Kier alpha value is -1.59. The summed E-state index contributed by atoms with van der Waals surface area (Å²) in [6.45, 7) is 7.12. The Bertz CT molecular complexity index is 513. The van der Waals surface area contributed by atoms with E-state index in [0.29, 0.717) is 17.9 Å². The Morgan fingerprint density at radius 2 is 2.13 bits per heavy atom. The number of nitrogens with one attached hydrogen (secondary N) is 1. The van der Waals surface area contributed by atoms with Crippen molar-refractivity contribution >= 4 is 5.91 Å². The number of ether oxygens (including phenoxy) is 1. The monoisotopic (exact) mass is 320 g/mol. The molecule has 1 fully saturated rings. The SMILES string of the molecule is COc1cccc(C(O)C(=O)NCC(C)N2CCC(C)CC2)c1. The van der Waals surface area contributed by atoms with Crippen molar-refractivity contribution in [2.45, 2.75) is 38.8 Å². The average Bonchev–Trinajstić information content (AvgIpc) is 2.59. The predicted molar refractivity (Wildman–Crippen MR) is 90.4 cm³/mol. The number of amides is 1. The molecule has 0 spiro atoms. The summed E-state index contributed by atoms with van der Waals surface area (Å²) in [5.74, 6) is 1.06. The summed E-state index contributed by atoms with van der Waals surface area (Å²) < 4.78 is 5.12. The van der Waals surface area contributed by atoms with Gasteiger partial charge >= 0.3 is 0 Å². The molecule has 0 saturated carbocycles. The molecule has 1 heterocycles. The van der Waals surface area contributed by atoms with E-state index in [1.54, 1.807) is 31.4 Å². The Kier molecular flexibility index (Phi) is 6.42. The molecule has 1 saturated heterocycles. The van der Waals surface area contributed by atoms with Gasteiger partial charge in [-0.05, 0) is 56.5 Å². The maximum absolute atomic E-state index is 12.2. The van der Waals surface area contributed by atoms with Crippen molar-refractivity contribution in [3.8, 4) is 5.75 Å². The number of aliphatic hydroxyl groups is 1. The standard InChI is InChI=1S/C18H28N2O3/c1-13-7-9-20(10-8-13)14(2)12-19-18(22)17(21)15-5-4-6-16(11-15)23-3/h4-6,11,13-14,17,21H,7-10,12H2,1-3H3,(H,19,22). The zero-order valence-corrected chi connectivity index (χ0v) is 14.3. The summed E-state index contributed by atoms with van der Waals surface area (Å²) in [7, 11) is 1.56. The number of hydrogen-bond acceptors (Lipinski definition) is 4. The lowest BCUT2D eigenvalue weighted by Crippen LogP contribution is -2.46. The number of carbonyl (C=O) groups is 1. The minimum absolute atomic E-state index is 0.281. The molecule has 1 aromatic carbocycles. The summed E-state index contributed by atoms with van der Waals surface area (Å²) in [6.07, 6.45) is 1.26. The number of nitrogens with zero attached hydrogens (tertiary/aromatic N) is 1. The summed E-state index contributed by atoms with van der Waals surface area (Å²) in [5, 5.41) is 13.0. The first-order valence-electron chi connectivity index (χ1n) is 8.35. The molecule has 5 heteroatoms. The van der Waals surface area contributed by atoms with E-state index < -0.39 is 6.10 Å². The van der Waals surface area contributed by atoms with E-state index >= 15 is 0 Å². The van der Waals surface area contributed by atoms with Gasteiger partial charge in [0.1, 0.15) is 5.75 Å². The highest BCUT2D eigenvalue weighted by Gasteiger charge is 2.22. The molecule has 0 aromatic heterocycles. The minimum atomic E-state index is -1.17. The molecule has 1 aliphatic heterocycles. The van der Waals surface area contributed by atoms with Gasteiger partial charge in [-0.15, -0.1) is 0 Å². The van der Waals surface area contributed by atoms with Crippen LogP contribution in [0.2, 0.25) is 0 Å².